The SMILES string of the molecule is CC(NC1CS(=O)(=O)C1)C1CCNC1. The highest BCUT2D eigenvalue weighted by atomic mass is 32.2. The first-order chi connectivity index (χ1) is 6.57. The zero-order valence-corrected chi connectivity index (χ0v) is 9.31. The highest BCUT2D eigenvalue weighted by Gasteiger charge is 2.35. The summed E-state index contributed by atoms with van der Waals surface area (Å²) in [4.78, 5) is 0. The van der Waals surface area contributed by atoms with Gasteiger partial charge in [-0.3, -0.25) is 0 Å². The third-order valence-corrected chi connectivity index (χ3v) is 5.03. The van der Waals surface area contributed by atoms with Gasteiger partial charge in [-0.25, -0.2) is 8.42 Å². The van der Waals surface area contributed by atoms with Gasteiger partial charge in [0, 0.05) is 12.1 Å². The van der Waals surface area contributed by atoms with Gasteiger partial charge < -0.3 is 10.6 Å². The van der Waals surface area contributed by atoms with Crippen molar-refractivity contribution in [3.63, 3.8) is 0 Å². The van der Waals surface area contributed by atoms with Crippen LogP contribution in [0.3, 0.4) is 0 Å². The Labute approximate surface area is 85.4 Å². The van der Waals surface area contributed by atoms with Crippen LogP contribution < -0.4 is 10.6 Å². The Hall–Kier alpha value is -0.130. The number of nitrogens with one attached hydrogen (secondary N) is 2. The highest BCUT2D eigenvalue weighted by molar-refractivity contribution is 7.92. The molecule has 0 spiro atoms. The molecule has 2 aliphatic rings. The Kier molecular flexibility index (Phi) is 2.81. The highest BCUT2D eigenvalue weighted by Crippen LogP contribution is 2.16. The van der Waals surface area contributed by atoms with Gasteiger partial charge in [0.1, 0.15) is 0 Å². The van der Waals surface area contributed by atoms with Crippen molar-refractivity contribution in [3.8, 4) is 0 Å². The summed E-state index contributed by atoms with van der Waals surface area (Å²) in [5, 5.41) is 6.72. The van der Waals surface area contributed by atoms with E-state index in [1.54, 1.807) is 0 Å². The van der Waals surface area contributed by atoms with Crippen molar-refractivity contribution >= 4 is 9.84 Å². The van der Waals surface area contributed by atoms with Gasteiger partial charge in [-0.15, -0.1) is 0 Å². The van der Waals surface area contributed by atoms with E-state index in [0.29, 0.717) is 23.5 Å². The minimum atomic E-state index is -2.68. The lowest BCUT2D eigenvalue weighted by Gasteiger charge is -2.32. The molecule has 0 saturated carbocycles. The van der Waals surface area contributed by atoms with Crippen LogP contribution in [0, 0.1) is 5.92 Å². The molecular formula is C9H18N2O2S. The monoisotopic (exact) mass is 218 g/mol. The summed E-state index contributed by atoms with van der Waals surface area (Å²) in [5.74, 6) is 1.33. The van der Waals surface area contributed by atoms with Gasteiger partial charge >= 0.3 is 0 Å². The fourth-order valence-electron chi connectivity index (χ4n) is 2.27. The van der Waals surface area contributed by atoms with Gasteiger partial charge in [0.15, 0.2) is 9.84 Å². The molecular weight excluding hydrogens is 200 g/mol. The van der Waals surface area contributed by atoms with E-state index in [4.69, 9.17) is 0 Å². The molecule has 5 heteroatoms. The molecule has 2 fully saturated rings. The van der Waals surface area contributed by atoms with Crippen LogP contribution in [0.2, 0.25) is 0 Å². The van der Waals surface area contributed by atoms with Crippen molar-refractivity contribution in [1.29, 1.82) is 0 Å². The molecule has 0 aromatic carbocycles. The van der Waals surface area contributed by atoms with Gasteiger partial charge in [0.25, 0.3) is 0 Å². The van der Waals surface area contributed by atoms with Crippen LogP contribution in [0.15, 0.2) is 0 Å². The van der Waals surface area contributed by atoms with Crippen molar-refractivity contribution < 1.29 is 8.42 Å². The van der Waals surface area contributed by atoms with E-state index >= 15 is 0 Å². The number of sulfone groups is 1. The largest absolute Gasteiger partial charge is 0.316 e. The summed E-state index contributed by atoms with van der Waals surface area (Å²) in [5.41, 5.74) is 0. The molecule has 82 valence electrons. The summed E-state index contributed by atoms with van der Waals surface area (Å²) in [6, 6.07) is 0.640. The molecule has 0 aliphatic carbocycles. The summed E-state index contributed by atoms with van der Waals surface area (Å²) in [7, 11) is -2.68. The Morgan fingerprint density at radius 2 is 2.14 bits per heavy atom. The normalized spacial score (nSPS) is 33.9. The predicted molar refractivity (Wildman–Crippen MR) is 56.0 cm³/mol. The Balaban J connectivity index is 1.75. The predicted octanol–water partition coefficient (Wildman–Crippen LogP) is -0.629. The van der Waals surface area contributed by atoms with Crippen LogP contribution in [0.25, 0.3) is 0 Å². The maximum atomic E-state index is 10.9. The average Bonchev–Trinajstić information content (AvgIpc) is 2.51. The van der Waals surface area contributed by atoms with Gasteiger partial charge in [-0.1, -0.05) is 0 Å². The minimum absolute atomic E-state index is 0.204. The smallest absolute Gasteiger partial charge is 0.153 e. The molecule has 0 aromatic rings. The fourth-order valence-corrected chi connectivity index (χ4v) is 3.59. The summed E-state index contributed by atoms with van der Waals surface area (Å²) in [6.07, 6.45) is 1.20. The molecule has 2 atom stereocenters. The topological polar surface area (TPSA) is 58.2 Å². The van der Waals surface area contributed by atoms with E-state index < -0.39 is 9.84 Å². The third kappa shape index (κ3) is 2.27. The molecule has 0 radical (unpaired) electrons. The molecule has 2 unspecified atom stereocenters. The van der Waals surface area contributed by atoms with E-state index in [0.717, 1.165) is 13.1 Å². The molecule has 2 rings (SSSR count). The van der Waals surface area contributed by atoms with Crippen LogP contribution >= 0.6 is 0 Å². The first kappa shape index (κ1) is 10.4. The lowest BCUT2D eigenvalue weighted by molar-refractivity contribution is 0.364. The van der Waals surface area contributed by atoms with Crippen molar-refractivity contribution in [2.75, 3.05) is 24.6 Å². The first-order valence-electron chi connectivity index (χ1n) is 5.24. The molecule has 14 heavy (non-hydrogen) atoms. The lowest BCUT2D eigenvalue weighted by atomic mass is 10.00. The second-order valence-electron chi connectivity index (χ2n) is 4.48. The van der Waals surface area contributed by atoms with Crippen LogP contribution in [0.5, 0.6) is 0 Å². The van der Waals surface area contributed by atoms with Crippen molar-refractivity contribution in [2.24, 2.45) is 5.92 Å². The van der Waals surface area contributed by atoms with Gasteiger partial charge in [-0.05, 0) is 32.4 Å². The zero-order valence-electron chi connectivity index (χ0n) is 8.49. The lowest BCUT2D eigenvalue weighted by Crippen LogP contribution is -2.55. The van der Waals surface area contributed by atoms with E-state index in [-0.39, 0.29) is 6.04 Å². The zero-order chi connectivity index (χ0) is 10.2. The molecule has 2 N–H and O–H groups in total. The summed E-state index contributed by atoms with van der Waals surface area (Å²) >= 11 is 0. The number of rotatable bonds is 3. The number of hydrogen-bond donors (Lipinski definition) is 2. The van der Waals surface area contributed by atoms with Crippen LogP contribution in [0.4, 0.5) is 0 Å². The quantitative estimate of drug-likeness (QED) is 0.662. The Morgan fingerprint density at radius 3 is 2.64 bits per heavy atom. The fraction of sp³-hybridized carbons (Fsp3) is 1.00. The van der Waals surface area contributed by atoms with Crippen molar-refractivity contribution in [1.82, 2.24) is 10.6 Å². The molecule has 4 nitrogen and oxygen atoms in total. The van der Waals surface area contributed by atoms with Crippen LogP contribution in [-0.2, 0) is 9.84 Å². The Bertz CT molecular complexity index is 284. The van der Waals surface area contributed by atoms with Gasteiger partial charge in [0.2, 0.25) is 0 Å². The van der Waals surface area contributed by atoms with Crippen LogP contribution in [0.1, 0.15) is 13.3 Å². The average molecular weight is 218 g/mol. The molecule has 0 amide bonds. The third-order valence-electron chi connectivity index (χ3n) is 3.21. The molecule has 2 heterocycles. The standard InChI is InChI=1S/C9H18N2O2S/c1-7(8-2-3-10-4-8)11-9-5-14(12,13)6-9/h7-11H,2-6H2,1H3. The number of hydrogen-bond acceptors (Lipinski definition) is 4. The van der Waals surface area contributed by atoms with Crippen molar-refractivity contribution in [2.45, 2.75) is 25.4 Å². The maximum Gasteiger partial charge on any atom is 0.153 e. The van der Waals surface area contributed by atoms with Gasteiger partial charge in [0.05, 0.1) is 11.5 Å². The summed E-state index contributed by atoms with van der Waals surface area (Å²) < 4.78 is 21.9. The molecule has 0 bridgehead atoms. The van der Waals surface area contributed by atoms with E-state index in [1.165, 1.54) is 6.42 Å². The molecule has 0 aromatic heterocycles. The van der Waals surface area contributed by atoms with Gasteiger partial charge in [-0.2, -0.15) is 0 Å². The second-order valence-corrected chi connectivity index (χ2v) is 6.64. The molecule has 2 saturated heterocycles. The van der Waals surface area contributed by atoms with E-state index in [9.17, 15) is 8.42 Å². The summed E-state index contributed by atoms with van der Waals surface area (Å²) in [6.45, 7) is 4.32. The van der Waals surface area contributed by atoms with E-state index in [1.807, 2.05) is 0 Å². The Morgan fingerprint density at radius 1 is 1.43 bits per heavy atom. The van der Waals surface area contributed by atoms with E-state index in [2.05, 4.69) is 17.6 Å². The molecule has 2 aliphatic heterocycles. The minimum Gasteiger partial charge on any atom is -0.316 e. The maximum absolute atomic E-state index is 10.9. The van der Waals surface area contributed by atoms with Crippen molar-refractivity contribution in [3.05, 3.63) is 0 Å². The van der Waals surface area contributed by atoms with Crippen LogP contribution in [-0.4, -0.2) is 45.1 Å². The first-order valence-corrected chi connectivity index (χ1v) is 7.06. The second kappa shape index (κ2) is 3.79.